The van der Waals surface area contributed by atoms with Gasteiger partial charge >= 0.3 is 6.03 Å². The molecule has 3 amide bonds. The zero-order valence-corrected chi connectivity index (χ0v) is 12.7. The van der Waals surface area contributed by atoms with E-state index in [1.165, 1.54) is 0 Å². The van der Waals surface area contributed by atoms with Gasteiger partial charge in [-0.1, -0.05) is 0 Å². The summed E-state index contributed by atoms with van der Waals surface area (Å²) in [5.41, 5.74) is 5.88. The first-order chi connectivity index (χ1) is 9.04. The van der Waals surface area contributed by atoms with Crippen molar-refractivity contribution in [2.75, 3.05) is 19.6 Å². The van der Waals surface area contributed by atoms with Gasteiger partial charge in [-0.15, -0.1) is 12.4 Å². The number of amides is 3. The maximum Gasteiger partial charge on any atom is 0.321 e. The van der Waals surface area contributed by atoms with E-state index < -0.39 is 0 Å². The highest BCUT2D eigenvalue weighted by molar-refractivity contribution is 5.95. The van der Waals surface area contributed by atoms with E-state index >= 15 is 0 Å². The van der Waals surface area contributed by atoms with Crippen LogP contribution in [0.1, 0.15) is 32.6 Å². The van der Waals surface area contributed by atoms with Crippen LogP contribution in [0.4, 0.5) is 4.79 Å². The minimum absolute atomic E-state index is 0. The largest absolute Gasteiger partial charge is 0.335 e. The molecular formula is C13H25ClN4O2. The van der Waals surface area contributed by atoms with Gasteiger partial charge in [0.15, 0.2) is 0 Å². The van der Waals surface area contributed by atoms with Crippen LogP contribution in [0.5, 0.6) is 0 Å². The Morgan fingerprint density at radius 1 is 1.25 bits per heavy atom. The molecule has 1 saturated heterocycles. The van der Waals surface area contributed by atoms with Crippen LogP contribution in [0.25, 0.3) is 0 Å². The van der Waals surface area contributed by atoms with Gasteiger partial charge in [0.05, 0.1) is 6.54 Å². The van der Waals surface area contributed by atoms with E-state index in [2.05, 4.69) is 15.5 Å². The van der Waals surface area contributed by atoms with Crippen LogP contribution in [0.2, 0.25) is 0 Å². The Hall–Kier alpha value is -0.850. The molecule has 2 rings (SSSR count). The molecule has 0 aromatic heterocycles. The van der Waals surface area contributed by atoms with Crippen molar-refractivity contribution in [3.63, 3.8) is 0 Å². The molecule has 20 heavy (non-hydrogen) atoms. The van der Waals surface area contributed by atoms with Crippen molar-refractivity contribution in [3.8, 4) is 0 Å². The third-order valence-corrected chi connectivity index (χ3v) is 3.91. The molecule has 1 atom stereocenters. The van der Waals surface area contributed by atoms with Gasteiger partial charge in [0.1, 0.15) is 0 Å². The molecule has 0 aromatic carbocycles. The van der Waals surface area contributed by atoms with E-state index in [9.17, 15) is 9.59 Å². The average molecular weight is 305 g/mol. The molecule has 1 aliphatic heterocycles. The summed E-state index contributed by atoms with van der Waals surface area (Å²) in [5.74, 6) is 0.329. The number of piperidine rings is 1. The molecule has 0 spiro atoms. The average Bonchev–Trinajstić information content (AvgIpc) is 3.13. The first-order valence-corrected chi connectivity index (χ1v) is 7.13. The summed E-state index contributed by atoms with van der Waals surface area (Å²) >= 11 is 0. The third kappa shape index (κ3) is 5.64. The number of nitrogens with one attached hydrogen (secondary N) is 2. The topological polar surface area (TPSA) is 87.5 Å². The minimum atomic E-state index is -0.363. The Morgan fingerprint density at radius 2 is 1.85 bits per heavy atom. The number of nitrogens with zero attached hydrogens (tertiary/aromatic N) is 1. The number of carbonyl (C=O) groups excluding carboxylic acids is 2. The van der Waals surface area contributed by atoms with Crippen LogP contribution >= 0.6 is 12.4 Å². The molecule has 6 nitrogen and oxygen atoms in total. The van der Waals surface area contributed by atoms with Crippen LogP contribution in [0.15, 0.2) is 0 Å². The Labute approximate surface area is 126 Å². The number of rotatable bonds is 4. The molecule has 116 valence electrons. The summed E-state index contributed by atoms with van der Waals surface area (Å²) in [5, 5.41) is 5.12. The maximum atomic E-state index is 11.7. The first-order valence-electron chi connectivity index (χ1n) is 7.13. The van der Waals surface area contributed by atoms with E-state index in [0.717, 1.165) is 38.8 Å². The van der Waals surface area contributed by atoms with Gasteiger partial charge in [-0.05, 0) is 51.6 Å². The molecule has 0 radical (unpaired) electrons. The molecule has 1 heterocycles. The molecule has 1 aliphatic carbocycles. The van der Waals surface area contributed by atoms with Crippen molar-refractivity contribution in [1.82, 2.24) is 15.5 Å². The number of urea groups is 1. The molecule has 1 saturated carbocycles. The second-order valence-electron chi connectivity index (χ2n) is 5.77. The number of nitrogens with two attached hydrogens (primary N) is 1. The number of likely N-dealkylation sites (tertiary alicyclic amines) is 1. The van der Waals surface area contributed by atoms with Gasteiger partial charge in [-0.25, -0.2) is 4.79 Å². The summed E-state index contributed by atoms with van der Waals surface area (Å²) in [7, 11) is 0. The van der Waals surface area contributed by atoms with Crippen molar-refractivity contribution in [1.29, 1.82) is 0 Å². The molecule has 0 bridgehead atoms. The van der Waals surface area contributed by atoms with Crippen LogP contribution < -0.4 is 16.4 Å². The highest BCUT2D eigenvalue weighted by Gasteiger charge is 2.25. The Balaban J connectivity index is 0.00000200. The lowest BCUT2D eigenvalue weighted by Gasteiger charge is -2.33. The molecule has 2 fully saturated rings. The second-order valence-corrected chi connectivity index (χ2v) is 5.77. The second kappa shape index (κ2) is 7.81. The highest BCUT2D eigenvalue weighted by Crippen LogP contribution is 2.19. The normalized spacial score (nSPS) is 21.7. The number of hydrogen-bond donors (Lipinski definition) is 3. The van der Waals surface area contributed by atoms with Gasteiger partial charge in [0.2, 0.25) is 5.91 Å². The molecule has 1 unspecified atom stereocenters. The lowest BCUT2D eigenvalue weighted by Crippen LogP contribution is -2.47. The quantitative estimate of drug-likeness (QED) is 0.704. The molecule has 0 aromatic rings. The predicted molar refractivity (Wildman–Crippen MR) is 79.8 cm³/mol. The SMILES string of the molecule is CC(N)C1CCN(CC(=O)NC(=O)NC2CC2)CC1.Cl. The van der Waals surface area contributed by atoms with E-state index in [-0.39, 0.29) is 36.4 Å². The van der Waals surface area contributed by atoms with Crippen molar-refractivity contribution in [3.05, 3.63) is 0 Å². The molecule has 7 heteroatoms. The van der Waals surface area contributed by atoms with Gasteiger partial charge in [0, 0.05) is 12.1 Å². The van der Waals surface area contributed by atoms with E-state index in [4.69, 9.17) is 5.73 Å². The van der Waals surface area contributed by atoms with E-state index in [1.54, 1.807) is 0 Å². The number of imide groups is 1. The number of carbonyl (C=O) groups is 2. The Kier molecular flexibility index (Phi) is 6.71. The molecule has 2 aliphatic rings. The molecule has 4 N–H and O–H groups in total. The minimum Gasteiger partial charge on any atom is -0.335 e. The fourth-order valence-corrected chi connectivity index (χ4v) is 2.46. The van der Waals surface area contributed by atoms with Crippen LogP contribution in [-0.4, -0.2) is 48.6 Å². The summed E-state index contributed by atoms with van der Waals surface area (Å²) in [6.45, 7) is 4.09. The smallest absolute Gasteiger partial charge is 0.321 e. The maximum absolute atomic E-state index is 11.7. The van der Waals surface area contributed by atoms with Gasteiger partial charge in [0.25, 0.3) is 0 Å². The summed E-state index contributed by atoms with van der Waals surface area (Å²) in [6.07, 6.45) is 4.09. The Morgan fingerprint density at radius 3 is 2.35 bits per heavy atom. The van der Waals surface area contributed by atoms with Crippen LogP contribution in [0, 0.1) is 5.92 Å². The van der Waals surface area contributed by atoms with Crippen molar-refractivity contribution < 1.29 is 9.59 Å². The highest BCUT2D eigenvalue weighted by atomic mass is 35.5. The fraction of sp³-hybridized carbons (Fsp3) is 0.846. The predicted octanol–water partition coefficient (Wildman–Crippen LogP) is 0.456. The molecular weight excluding hydrogens is 280 g/mol. The van der Waals surface area contributed by atoms with Crippen molar-refractivity contribution >= 4 is 24.3 Å². The van der Waals surface area contributed by atoms with Gasteiger partial charge < -0.3 is 11.1 Å². The number of halogens is 1. The van der Waals surface area contributed by atoms with Crippen LogP contribution in [0.3, 0.4) is 0 Å². The number of hydrogen-bond acceptors (Lipinski definition) is 4. The first kappa shape index (κ1) is 17.2. The summed E-state index contributed by atoms with van der Waals surface area (Å²) < 4.78 is 0. The lowest BCUT2D eigenvalue weighted by atomic mass is 9.91. The zero-order valence-electron chi connectivity index (χ0n) is 11.9. The summed E-state index contributed by atoms with van der Waals surface area (Å²) in [4.78, 5) is 25.2. The standard InChI is InChI=1S/C13H24N4O2.ClH/c1-9(14)10-4-6-17(7-5-10)8-12(18)16-13(19)15-11-2-3-11;/h9-11H,2-8,14H2,1H3,(H2,15,16,18,19);1H. The zero-order chi connectivity index (χ0) is 13.8. The van der Waals surface area contributed by atoms with Gasteiger partial charge in [-0.3, -0.25) is 15.0 Å². The van der Waals surface area contributed by atoms with Crippen molar-refractivity contribution in [2.45, 2.75) is 44.7 Å². The lowest BCUT2D eigenvalue weighted by molar-refractivity contribution is -0.121. The van der Waals surface area contributed by atoms with Gasteiger partial charge in [-0.2, -0.15) is 0 Å². The third-order valence-electron chi connectivity index (χ3n) is 3.91. The monoisotopic (exact) mass is 304 g/mol. The van der Waals surface area contributed by atoms with Crippen molar-refractivity contribution in [2.24, 2.45) is 11.7 Å². The summed E-state index contributed by atoms with van der Waals surface area (Å²) in [6, 6.07) is 0.132. The van der Waals surface area contributed by atoms with E-state index in [0.29, 0.717) is 12.5 Å². The Bertz CT molecular complexity index is 339. The van der Waals surface area contributed by atoms with E-state index in [1.807, 2.05) is 6.92 Å². The van der Waals surface area contributed by atoms with Crippen LogP contribution in [-0.2, 0) is 4.79 Å². The fourth-order valence-electron chi connectivity index (χ4n) is 2.46.